The Kier molecular flexibility index (Phi) is 2.99. The van der Waals surface area contributed by atoms with Crippen molar-refractivity contribution >= 4 is 17.6 Å². The molecular weight excluding hydrogens is 222 g/mol. The van der Waals surface area contributed by atoms with Crippen LogP contribution < -0.4 is 9.64 Å². The zero-order valence-electron chi connectivity index (χ0n) is 9.47. The van der Waals surface area contributed by atoms with Crippen molar-refractivity contribution in [2.45, 2.75) is 12.8 Å². The monoisotopic (exact) mass is 235 g/mol. The summed E-state index contributed by atoms with van der Waals surface area (Å²) in [6.07, 6.45) is 1.02. The number of aliphatic carboxylic acids is 1. The summed E-state index contributed by atoms with van der Waals surface area (Å²) in [5, 5.41) is 8.58. The molecule has 1 aliphatic rings. The smallest absolute Gasteiger partial charge is 0.341 e. The van der Waals surface area contributed by atoms with Crippen LogP contribution in [-0.2, 0) is 16.0 Å². The summed E-state index contributed by atoms with van der Waals surface area (Å²) >= 11 is 0. The summed E-state index contributed by atoms with van der Waals surface area (Å²) in [5.41, 5.74) is 1.69. The lowest BCUT2D eigenvalue weighted by Gasteiger charge is -2.27. The molecule has 17 heavy (non-hydrogen) atoms. The lowest BCUT2D eigenvalue weighted by Crippen LogP contribution is -2.31. The molecule has 2 rings (SSSR count). The van der Waals surface area contributed by atoms with E-state index in [1.165, 1.54) is 0 Å². The van der Waals surface area contributed by atoms with Crippen molar-refractivity contribution < 1.29 is 19.4 Å². The maximum Gasteiger partial charge on any atom is 0.341 e. The van der Waals surface area contributed by atoms with Gasteiger partial charge in [-0.1, -0.05) is 6.07 Å². The van der Waals surface area contributed by atoms with E-state index in [0.29, 0.717) is 18.6 Å². The van der Waals surface area contributed by atoms with Crippen LogP contribution in [0.4, 0.5) is 5.69 Å². The van der Waals surface area contributed by atoms with Gasteiger partial charge >= 0.3 is 5.97 Å². The maximum atomic E-state index is 11.5. The summed E-state index contributed by atoms with van der Waals surface area (Å²) in [6.45, 7) is -0.367. The van der Waals surface area contributed by atoms with Crippen molar-refractivity contribution in [1.82, 2.24) is 0 Å². The number of nitrogens with zero attached hydrogens (tertiary/aromatic N) is 1. The first-order valence-electron chi connectivity index (χ1n) is 5.32. The summed E-state index contributed by atoms with van der Waals surface area (Å²) in [5.74, 6) is -0.403. The van der Waals surface area contributed by atoms with Crippen LogP contribution in [0.3, 0.4) is 0 Å². The van der Waals surface area contributed by atoms with Gasteiger partial charge in [-0.3, -0.25) is 4.79 Å². The van der Waals surface area contributed by atoms with E-state index in [1.807, 2.05) is 6.07 Å². The Bertz CT molecular complexity index is 470. The van der Waals surface area contributed by atoms with E-state index >= 15 is 0 Å². The van der Waals surface area contributed by atoms with Gasteiger partial charge in [0.25, 0.3) is 0 Å². The van der Waals surface area contributed by atoms with Gasteiger partial charge < -0.3 is 14.7 Å². The zero-order chi connectivity index (χ0) is 12.4. The highest BCUT2D eigenvalue weighted by molar-refractivity contribution is 5.96. The molecule has 1 amide bonds. The minimum atomic E-state index is -1.01. The van der Waals surface area contributed by atoms with Crippen LogP contribution >= 0.6 is 0 Å². The molecule has 0 radical (unpaired) electrons. The number of benzene rings is 1. The van der Waals surface area contributed by atoms with Crippen molar-refractivity contribution in [3.05, 3.63) is 23.8 Å². The summed E-state index contributed by atoms with van der Waals surface area (Å²) < 4.78 is 5.21. The average Bonchev–Trinajstić information content (AvgIpc) is 2.31. The van der Waals surface area contributed by atoms with Crippen molar-refractivity contribution in [2.24, 2.45) is 0 Å². The van der Waals surface area contributed by atoms with Gasteiger partial charge in [0.2, 0.25) is 5.91 Å². The molecule has 0 saturated heterocycles. The Balaban J connectivity index is 2.30. The Labute approximate surface area is 98.6 Å². The first-order chi connectivity index (χ1) is 8.09. The van der Waals surface area contributed by atoms with E-state index < -0.39 is 5.97 Å². The quantitative estimate of drug-likeness (QED) is 0.850. The van der Waals surface area contributed by atoms with Crippen LogP contribution in [0.25, 0.3) is 0 Å². The van der Waals surface area contributed by atoms with Crippen molar-refractivity contribution in [3.8, 4) is 5.75 Å². The number of carboxylic acids is 1. The summed E-state index contributed by atoms with van der Waals surface area (Å²) in [6, 6.07) is 5.32. The third-order valence-corrected chi connectivity index (χ3v) is 2.78. The number of carboxylic acid groups (broad SMARTS) is 1. The number of carbonyl (C=O) groups is 2. The Morgan fingerprint density at radius 3 is 2.94 bits per heavy atom. The molecule has 1 heterocycles. The highest BCUT2D eigenvalue weighted by Gasteiger charge is 2.23. The molecule has 0 aliphatic carbocycles. The van der Waals surface area contributed by atoms with Gasteiger partial charge in [0.1, 0.15) is 5.75 Å². The predicted molar refractivity (Wildman–Crippen MR) is 61.3 cm³/mol. The van der Waals surface area contributed by atoms with Crippen LogP contribution in [0.2, 0.25) is 0 Å². The largest absolute Gasteiger partial charge is 0.482 e. The van der Waals surface area contributed by atoms with Gasteiger partial charge in [0.15, 0.2) is 6.61 Å². The molecule has 0 aromatic heterocycles. The van der Waals surface area contributed by atoms with E-state index in [1.54, 1.807) is 24.1 Å². The summed E-state index contributed by atoms with van der Waals surface area (Å²) in [4.78, 5) is 23.6. The zero-order valence-corrected chi connectivity index (χ0v) is 9.47. The normalized spacial score (nSPS) is 14.4. The number of ether oxygens (including phenoxy) is 1. The summed E-state index contributed by atoms with van der Waals surface area (Å²) in [7, 11) is 1.71. The van der Waals surface area contributed by atoms with Crippen LogP contribution in [0.15, 0.2) is 18.2 Å². The molecule has 1 N–H and O–H groups in total. The second-order valence-corrected chi connectivity index (χ2v) is 3.89. The third-order valence-electron chi connectivity index (χ3n) is 2.78. The van der Waals surface area contributed by atoms with E-state index in [9.17, 15) is 9.59 Å². The number of amides is 1. The van der Waals surface area contributed by atoms with Crippen LogP contribution in [0.5, 0.6) is 5.75 Å². The first-order valence-corrected chi connectivity index (χ1v) is 5.32. The van der Waals surface area contributed by atoms with Crippen LogP contribution in [0.1, 0.15) is 12.0 Å². The van der Waals surface area contributed by atoms with E-state index in [2.05, 4.69) is 0 Å². The van der Waals surface area contributed by atoms with Crippen molar-refractivity contribution in [1.29, 1.82) is 0 Å². The average molecular weight is 235 g/mol. The minimum absolute atomic E-state index is 0.0629. The van der Waals surface area contributed by atoms with Gasteiger partial charge in [0.05, 0.1) is 5.69 Å². The van der Waals surface area contributed by atoms with Gasteiger partial charge in [0, 0.05) is 19.0 Å². The molecule has 1 aromatic rings. The molecule has 5 nitrogen and oxygen atoms in total. The molecule has 1 aliphatic heterocycles. The van der Waals surface area contributed by atoms with E-state index in [4.69, 9.17) is 9.84 Å². The second-order valence-electron chi connectivity index (χ2n) is 3.89. The second kappa shape index (κ2) is 4.45. The number of carbonyl (C=O) groups excluding carboxylic acids is 1. The fourth-order valence-corrected chi connectivity index (χ4v) is 1.93. The molecule has 0 fully saturated rings. The van der Waals surface area contributed by atoms with Crippen LogP contribution in [-0.4, -0.2) is 30.6 Å². The van der Waals surface area contributed by atoms with Gasteiger partial charge in [-0.15, -0.1) is 0 Å². The molecule has 0 saturated carbocycles. The number of anilines is 1. The molecule has 0 atom stereocenters. The van der Waals surface area contributed by atoms with Crippen molar-refractivity contribution in [3.63, 3.8) is 0 Å². The Hall–Kier alpha value is -2.04. The molecule has 5 heteroatoms. The predicted octanol–water partition coefficient (Wildman–Crippen LogP) is 1.06. The van der Waals surface area contributed by atoms with Gasteiger partial charge in [-0.25, -0.2) is 4.79 Å². The standard InChI is InChI=1S/C12H13NO4/c1-13-9-3-2-4-10(17-7-12(15)16)8(9)5-6-11(13)14/h2-4H,5-7H2,1H3,(H,15,16). The fraction of sp³-hybridized carbons (Fsp3) is 0.333. The number of rotatable bonds is 3. The first kappa shape index (κ1) is 11.4. The molecule has 90 valence electrons. The highest BCUT2D eigenvalue weighted by atomic mass is 16.5. The number of hydrogen-bond donors (Lipinski definition) is 1. The highest BCUT2D eigenvalue weighted by Crippen LogP contribution is 2.33. The lowest BCUT2D eigenvalue weighted by atomic mass is 10.0. The Morgan fingerprint density at radius 1 is 1.47 bits per heavy atom. The number of hydrogen-bond acceptors (Lipinski definition) is 3. The number of fused-ring (bicyclic) bond motifs is 1. The van der Waals surface area contributed by atoms with Gasteiger partial charge in [-0.05, 0) is 18.6 Å². The topological polar surface area (TPSA) is 66.8 Å². The maximum absolute atomic E-state index is 11.5. The lowest BCUT2D eigenvalue weighted by molar-refractivity contribution is -0.139. The SMILES string of the molecule is CN1C(=O)CCc2c(OCC(=O)O)cccc21. The van der Waals surface area contributed by atoms with E-state index in [-0.39, 0.29) is 12.5 Å². The minimum Gasteiger partial charge on any atom is -0.482 e. The van der Waals surface area contributed by atoms with Crippen LogP contribution in [0, 0.1) is 0 Å². The van der Waals surface area contributed by atoms with E-state index in [0.717, 1.165) is 11.3 Å². The van der Waals surface area contributed by atoms with Crippen molar-refractivity contribution in [2.75, 3.05) is 18.6 Å². The van der Waals surface area contributed by atoms with Gasteiger partial charge in [-0.2, -0.15) is 0 Å². The molecule has 0 spiro atoms. The molecular formula is C12H13NO4. The Morgan fingerprint density at radius 2 is 2.24 bits per heavy atom. The third kappa shape index (κ3) is 2.22. The molecule has 0 bridgehead atoms. The molecule has 1 aromatic carbocycles. The molecule has 0 unspecified atom stereocenters. The fourth-order valence-electron chi connectivity index (χ4n) is 1.93.